The van der Waals surface area contributed by atoms with E-state index in [9.17, 15) is 8.78 Å². The van der Waals surface area contributed by atoms with Gasteiger partial charge in [-0.05, 0) is 43.0 Å². The number of thiophene rings is 1. The van der Waals surface area contributed by atoms with Crippen LogP contribution >= 0.6 is 11.3 Å². The molecule has 4 heteroatoms. The van der Waals surface area contributed by atoms with Gasteiger partial charge in [0.25, 0.3) is 0 Å². The molecule has 0 fully saturated rings. The first-order chi connectivity index (χ1) is 8.65. The van der Waals surface area contributed by atoms with Crippen molar-refractivity contribution >= 4 is 11.3 Å². The van der Waals surface area contributed by atoms with Crippen LogP contribution in [0.5, 0.6) is 0 Å². The highest BCUT2D eigenvalue weighted by Gasteiger charge is 2.07. The zero-order valence-corrected chi connectivity index (χ0v) is 10.9. The van der Waals surface area contributed by atoms with Gasteiger partial charge in [0.2, 0.25) is 0 Å². The van der Waals surface area contributed by atoms with Gasteiger partial charge in [-0.15, -0.1) is 11.3 Å². The largest absolute Gasteiger partial charge is 0.310 e. The number of hydrogen-bond donors (Lipinski definition) is 1. The molecular formula is C14H15F2NS. The van der Waals surface area contributed by atoms with Gasteiger partial charge in [0.15, 0.2) is 0 Å². The molecule has 0 aliphatic rings. The Morgan fingerprint density at radius 3 is 2.83 bits per heavy atom. The van der Waals surface area contributed by atoms with Gasteiger partial charge >= 0.3 is 0 Å². The van der Waals surface area contributed by atoms with E-state index in [1.54, 1.807) is 11.3 Å². The first-order valence-corrected chi connectivity index (χ1v) is 6.73. The zero-order valence-electron chi connectivity index (χ0n) is 10.1. The van der Waals surface area contributed by atoms with E-state index in [-0.39, 0.29) is 11.9 Å². The van der Waals surface area contributed by atoms with E-state index in [2.05, 4.69) is 11.4 Å². The maximum absolute atomic E-state index is 13.4. The molecule has 0 spiro atoms. The Hall–Kier alpha value is -1.26. The molecule has 18 heavy (non-hydrogen) atoms. The van der Waals surface area contributed by atoms with Crippen molar-refractivity contribution in [1.82, 2.24) is 5.32 Å². The number of rotatable bonds is 5. The van der Waals surface area contributed by atoms with Gasteiger partial charge in [-0.2, -0.15) is 0 Å². The Labute approximate surface area is 109 Å². The normalized spacial score (nSPS) is 12.6. The van der Waals surface area contributed by atoms with Crippen molar-refractivity contribution in [3.63, 3.8) is 0 Å². The summed E-state index contributed by atoms with van der Waals surface area (Å²) in [6.07, 6.45) is 0.897. The summed E-state index contributed by atoms with van der Waals surface area (Å²) in [5, 5.41) is 5.24. The van der Waals surface area contributed by atoms with E-state index in [0.717, 1.165) is 18.6 Å². The van der Waals surface area contributed by atoms with E-state index in [1.807, 2.05) is 18.4 Å². The van der Waals surface area contributed by atoms with Crippen molar-refractivity contribution < 1.29 is 8.78 Å². The molecule has 0 saturated carbocycles. The van der Waals surface area contributed by atoms with Crippen LogP contribution in [0.4, 0.5) is 8.78 Å². The van der Waals surface area contributed by atoms with E-state index in [1.165, 1.54) is 10.9 Å². The predicted octanol–water partition coefficient (Wildman–Crippen LogP) is 3.75. The summed E-state index contributed by atoms with van der Waals surface area (Å²) >= 11 is 1.70. The average Bonchev–Trinajstić information content (AvgIpc) is 2.83. The molecule has 1 aromatic heterocycles. The summed E-state index contributed by atoms with van der Waals surface area (Å²) in [5.41, 5.74) is 0.369. The van der Waals surface area contributed by atoms with Crippen LogP contribution < -0.4 is 5.32 Å². The molecule has 0 aliphatic heterocycles. The summed E-state index contributed by atoms with van der Waals surface area (Å²) in [5.74, 6) is -0.772. The maximum Gasteiger partial charge on any atom is 0.127 e. The lowest BCUT2D eigenvalue weighted by Crippen LogP contribution is -2.27. The third-order valence-corrected chi connectivity index (χ3v) is 3.63. The van der Waals surface area contributed by atoms with Crippen LogP contribution in [-0.2, 0) is 13.0 Å². The minimum Gasteiger partial charge on any atom is -0.310 e. The molecule has 2 aromatic rings. The fourth-order valence-electron chi connectivity index (χ4n) is 1.77. The minimum absolute atomic E-state index is 0.228. The monoisotopic (exact) mass is 267 g/mol. The molecule has 1 nitrogen and oxygen atoms in total. The first kappa shape index (κ1) is 13.2. The second kappa shape index (κ2) is 6.07. The SMILES string of the molecule is CC(Cc1cccs1)NCc1cc(F)ccc1F. The molecule has 1 heterocycles. The number of hydrogen-bond acceptors (Lipinski definition) is 2. The number of halogens is 2. The summed E-state index contributed by atoms with van der Waals surface area (Å²) < 4.78 is 26.4. The van der Waals surface area contributed by atoms with Crippen LogP contribution in [-0.4, -0.2) is 6.04 Å². The molecule has 1 N–H and O–H groups in total. The topological polar surface area (TPSA) is 12.0 Å². The lowest BCUT2D eigenvalue weighted by atomic mass is 10.1. The highest BCUT2D eigenvalue weighted by Crippen LogP contribution is 2.12. The molecule has 1 unspecified atom stereocenters. The third-order valence-electron chi connectivity index (χ3n) is 2.74. The first-order valence-electron chi connectivity index (χ1n) is 5.85. The van der Waals surface area contributed by atoms with Crippen molar-refractivity contribution in [2.75, 3.05) is 0 Å². The lowest BCUT2D eigenvalue weighted by Gasteiger charge is -2.13. The standard InChI is InChI=1S/C14H15F2NS/c1-10(7-13-3-2-6-18-13)17-9-11-8-12(15)4-5-14(11)16/h2-6,8,10,17H,7,9H2,1H3. The van der Waals surface area contributed by atoms with Crippen molar-refractivity contribution in [3.05, 3.63) is 57.8 Å². The van der Waals surface area contributed by atoms with Crippen LogP contribution in [0, 0.1) is 11.6 Å². The van der Waals surface area contributed by atoms with Gasteiger partial charge in [-0.25, -0.2) is 8.78 Å². The van der Waals surface area contributed by atoms with Crippen LogP contribution in [0.2, 0.25) is 0 Å². The fraction of sp³-hybridized carbons (Fsp3) is 0.286. The van der Waals surface area contributed by atoms with Crippen LogP contribution in [0.3, 0.4) is 0 Å². The zero-order chi connectivity index (χ0) is 13.0. The van der Waals surface area contributed by atoms with Crippen LogP contribution in [0.1, 0.15) is 17.4 Å². The molecule has 0 aliphatic carbocycles. The van der Waals surface area contributed by atoms with Gasteiger partial charge in [-0.1, -0.05) is 6.07 Å². The fourth-order valence-corrected chi connectivity index (χ4v) is 2.60. The maximum atomic E-state index is 13.4. The average molecular weight is 267 g/mol. The van der Waals surface area contributed by atoms with Crippen molar-refractivity contribution in [2.24, 2.45) is 0 Å². The minimum atomic E-state index is -0.404. The van der Waals surface area contributed by atoms with E-state index < -0.39 is 5.82 Å². The second-order valence-electron chi connectivity index (χ2n) is 4.30. The molecule has 0 amide bonds. The lowest BCUT2D eigenvalue weighted by molar-refractivity contribution is 0.521. The Morgan fingerprint density at radius 1 is 1.28 bits per heavy atom. The summed E-state index contributed by atoms with van der Waals surface area (Å²) in [6, 6.07) is 7.85. The Kier molecular flexibility index (Phi) is 4.44. The molecule has 0 saturated heterocycles. The predicted molar refractivity (Wildman–Crippen MR) is 70.7 cm³/mol. The molecule has 0 radical (unpaired) electrons. The Balaban J connectivity index is 1.89. The second-order valence-corrected chi connectivity index (χ2v) is 5.33. The Morgan fingerprint density at radius 2 is 2.11 bits per heavy atom. The number of benzene rings is 1. The van der Waals surface area contributed by atoms with E-state index in [0.29, 0.717) is 12.1 Å². The molecule has 0 bridgehead atoms. The van der Waals surface area contributed by atoms with E-state index >= 15 is 0 Å². The van der Waals surface area contributed by atoms with Crippen LogP contribution in [0.15, 0.2) is 35.7 Å². The highest BCUT2D eigenvalue weighted by atomic mass is 32.1. The van der Waals surface area contributed by atoms with Crippen molar-refractivity contribution in [1.29, 1.82) is 0 Å². The molecule has 1 atom stereocenters. The van der Waals surface area contributed by atoms with Gasteiger partial charge in [0.05, 0.1) is 0 Å². The highest BCUT2D eigenvalue weighted by molar-refractivity contribution is 7.09. The molecule has 96 valence electrons. The van der Waals surface area contributed by atoms with Crippen LogP contribution in [0.25, 0.3) is 0 Å². The van der Waals surface area contributed by atoms with E-state index in [4.69, 9.17) is 0 Å². The smallest absolute Gasteiger partial charge is 0.127 e. The van der Waals surface area contributed by atoms with Gasteiger partial charge in [0, 0.05) is 23.0 Å². The molecule has 2 rings (SSSR count). The van der Waals surface area contributed by atoms with Gasteiger partial charge in [0.1, 0.15) is 11.6 Å². The van der Waals surface area contributed by atoms with Gasteiger partial charge in [-0.3, -0.25) is 0 Å². The molecular weight excluding hydrogens is 252 g/mol. The van der Waals surface area contributed by atoms with Crippen molar-refractivity contribution in [3.8, 4) is 0 Å². The summed E-state index contributed by atoms with van der Waals surface area (Å²) in [6.45, 7) is 2.38. The third kappa shape index (κ3) is 3.62. The summed E-state index contributed by atoms with van der Waals surface area (Å²) in [7, 11) is 0. The quantitative estimate of drug-likeness (QED) is 0.870. The van der Waals surface area contributed by atoms with Gasteiger partial charge < -0.3 is 5.32 Å². The summed E-state index contributed by atoms with van der Waals surface area (Å²) in [4.78, 5) is 1.29. The number of nitrogens with one attached hydrogen (secondary N) is 1. The Bertz CT molecular complexity index is 497. The molecule has 1 aromatic carbocycles. The van der Waals surface area contributed by atoms with Crippen molar-refractivity contribution in [2.45, 2.75) is 25.9 Å².